The van der Waals surface area contributed by atoms with Crippen LogP contribution < -0.4 is 10.1 Å². The molecule has 0 radical (unpaired) electrons. The monoisotopic (exact) mass is 367 g/mol. The van der Waals surface area contributed by atoms with Gasteiger partial charge in [-0.2, -0.15) is 0 Å². The molecule has 0 unspecified atom stereocenters. The van der Waals surface area contributed by atoms with Crippen molar-refractivity contribution in [1.82, 2.24) is 5.32 Å². The topological polar surface area (TPSA) is 38.3 Å². The van der Waals surface area contributed by atoms with Gasteiger partial charge in [-0.05, 0) is 55.0 Å². The van der Waals surface area contributed by atoms with Gasteiger partial charge in [-0.15, -0.1) is 11.8 Å². The van der Waals surface area contributed by atoms with Crippen LogP contribution in [-0.4, -0.2) is 24.3 Å². The van der Waals surface area contributed by atoms with Gasteiger partial charge in [-0.1, -0.05) is 18.5 Å². The lowest BCUT2D eigenvalue weighted by Crippen LogP contribution is -2.39. The molecule has 0 saturated carbocycles. The Morgan fingerprint density at radius 3 is 2.50 bits per heavy atom. The van der Waals surface area contributed by atoms with E-state index in [-0.39, 0.29) is 11.7 Å². The molecular formula is C18H19ClFNO2S. The van der Waals surface area contributed by atoms with Gasteiger partial charge in [0.05, 0.1) is 0 Å². The second-order valence-corrected chi connectivity index (χ2v) is 6.67. The van der Waals surface area contributed by atoms with Crippen molar-refractivity contribution < 1.29 is 13.9 Å². The summed E-state index contributed by atoms with van der Waals surface area (Å²) >= 11 is 7.48. The van der Waals surface area contributed by atoms with E-state index < -0.39 is 6.10 Å². The first kappa shape index (κ1) is 18.6. The number of ether oxygens (including phenoxy) is 1. The van der Waals surface area contributed by atoms with Crippen LogP contribution in [0.3, 0.4) is 0 Å². The Balaban J connectivity index is 1.75. The summed E-state index contributed by atoms with van der Waals surface area (Å²) < 4.78 is 18.5. The van der Waals surface area contributed by atoms with E-state index in [9.17, 15) is 9.18 Å². The Hall–Kier alpha value is -1.72. The second-order valence-electron chi connectivity index (χ2n) is 5.06. The summed E-state index contributed by atoms with van der Waals surface area (Å²) in [5.74, 6) is 0.729. The fourth-order valence-electron chi connectivity index (χ4n) is 1.99. The van der Waals surface area contributed by atoms with Crippen LogP contribution in [0.4, 0.5) is 4.39 Å². The zero-order chi connectivity index (χ0) is 17.4. The summed E-state index contributed by atoms with van der Waals surface area (Å²) in [6.45, 7) is 2.41. The van der Waals surface area contributed by atoms with E-state index in [1.54, 1.807) is 11.8 Å². The highest BCUT2D eigenvalue weighted by atomic mass is 35.5. The van der Waals surface area contributed by atoms with Gasteiger partial charge >= 0.3 is 0 Å². The summed E-state index contributed by atoms with van der Waals surface area (Å²) in [5, 5.41) is 3.57. The van der Waals surface area contributed by atoms with Crippen LogP contribution in [0.25, 0.3) is 0 Å². The first-order valence-electron chi connectivity index (χ1n) is 7.67. The number of thioether (sulfide) groups is 1. The SMILES string of the molecule is CC[C@@H](Oc1ccc(F)cc1)C(=O)NCCSc1ccc(Cl)cc1. The fraction of sp³-hybridized carbons (Fsp3) is 0.278. The van der Waals surface area contributed by atoms with Gasteiger partial charge in [0.1, 0.15) is 11.6 Å². The summed E-state index contributed by atoms with van der Waals surface area (Å²) in [6, 6.07) is 13.2. The van der Waals surface area contributed by atoms with Crippen molar-refractivity contribution in [3.63, 3.8) is 0 Å². The molecule has 2 aromatic carbocycles. The Labute approximate surface area is 150 Å². The Morgan fingerprint density at radius 1 is 1.21 bits per heavy atom. The zero-order valence-electron chi connectivity index (χ0n) is 13.3. The molecule has 128 valence electrons. The molecule has 0 aromatic heterocycles. The van der Waals surface area contributed by atoms with Crippen molar-refractivity contribution in [3.8, 4) is 5.75 Å². The van der Waals surface area contributed by atoms with Crippen LogP contribution in [0.5, 0.6) is 5.75 Å². The van der Waals surface area contributed by atoms with Crippen LogP contribution in [0.1, 0.15) is 13.3 Å². The van der Waals surface area contributed by atoms with E-state index in [0.29, 0.717) is 23.7 Å². The number of carbonyl (C=O) groups excluding carboxylic acids is 1. The van der Waals surface area contributed by atoms with E-state index in [4.69, 9.17) is 16.3 Å². The molecule has 6 heteroatoms. The third-order valence-electron chi connectivity index (χ3n) is 3.24. The number of hydrogen-bond donors (Lipinski definition) is 1. The minimum Gasteiger partial charge on any atom is -0.481 e. The number of rotatable bonds is 8. The molecule has 1 atom stereocenters. The average molecular weight is 368 g/mol. The van der Waals surface area contributed by atoms with Gasteiger partial charge in [0.2, 0.25) is 0 Å². The molecule has 0 bridgehead atoms. The molecule has 1 amide bonds. The van der Waals surface area contributed by atoms with Crippen molar-refractivity contribution in [2.45, 2.75) is 24.3 Å². The molecule has 2 aromatic rings. The lowest BCUT2D eigenvalue weighted by Gasteiger charge is -2.17. The molecule has 2 rings (SSSR count). The lowest BCUT2D eigenvalue weighted by atomic mass is 10.2. The molecule has 0 spiro atoms. The summed E-state index contributed by atoms with van der Waals surface area (Å²) in [7, 11) is 0. The average Bonchev–Trinajstić information content (AvgIpc) is 2.59. The Kier molecular flexibility index (Phi) is 7.40. The van der Waals surface area contributed by atoms with Gasteiger partial charge in [-0.25, -0.2) is 4.39 Å². The maximum absolute atomic E-state index is 12.9. The first-order valence-corrected chi connectivity index (χ1v) is 9.03. The third kappa shape index (κ3) is 6.06. The highest BCUT2D eigenvalue weighted by Gasteiger charge is 2.17. The minimum absolute atomic E-state index is 0.168. The van der Waals surface area contributed by atoms with Gasteiger partial charge in [-0.3, -0.25) is 4.79 Å². The largest absolute Gasteiger partial charge is 0.481 e. The number of halogens is 2. The standard InChI is InChI=1S/C18H19ClFNO2S/c1-2-17(23-15-7-5-14(20)6-8-15)18(22)21-11-12-24-16-9-3-13(19)4-10-16/h3-10,17H,2,11-12H2,1H3,(H,21,22)/t17-/m1/s1. The third-order valence-corrected chi connectivity index (χ3v) is 4.50. The van der Waals surface area contributed by atoms with Crippen molar-refractivity contribution in [2.24, 2.45) is 0 Å². The molecule has 0 saturated heterocycles. The number of amides is 1. The molecule has 24 heavy (non-hydrogen) atoms. The molecular weight excluding hydrogens is 349 g/mol. The van der Waals surface area contributed by atoms with Gasteiger partial charge in [0.15, 0.2) is 6.10 Å². The van der Waals surface area contributed by atoms with Crippen molar-refractivity contribution >= 4 is 29.3 Å². The van der Waals surface area contributed by atoms with Crippen LogP contribution >= 0.6 is 23.4 Å². The fourth-order valence-corrected chi connectivity index (χ4v) is 2.88. The van der Waals surface area contributed by atoms with E-state index in [1.807, 2.05) is 31.2 Å². The normalized spacial score (nSPS) is 11.8. The smallest absolute Gasteiger partial charge is 0.261 e. The van der Waals surface area contributed by atoms with Crippen LogP contribution in [0, 0.1) is 5.82 Å². The Morgan fingerprint density at radius 2 is 1.88 bits per heavy atom. The Bertz CT molecular complexity index is 649. The molecule has 0 fully saturated rings. The lowest BCUT2D eigenvalue weighted by molar-refractivity contribution is -0.127. The van der Waals surface area contributed by atoms with Crippen LogP contribution in [0.15, 0.2) is 53.4 Å². The molecule has 1 N–H and O–H groups in total. The molecule has 0 aliphatic carbocycles. The van der Waals surface area contributed by atoms with E-state index >= 15 is 0 Å². The van der Waals surface area contributed by atoms with Crippen LogP contribution in [0.2, 0.25) is 5.02 Å². The maximum atomic E-state index is 12.9. The van der Waals surface area contributed by atoms with Crippen LogP contribution in [-0.2, 0) is 4.79 Å². The summed E-state index contributed by atoms with van der Waals surface area (Å²) in [4.78, 5) is 13.3. The van der Waals surface area contributed by atoms with Gasteiger partial charge < -0.3 is 10.1 Å². The number of nitrogens with one attached hydrogen (secondary N) is 1. The summed E-state index contributed by atoms with van der Waals surface area (Å²) in [5.41, 5.74) is 0. The van der Waals surface area contributed by atoms with Crippen molar-refractivity contribution in [3.05, 3.63) is 59.4 Å². The molecule has 0 heterocycles. The quantitative estimate of drug-likeness (QED) is 0.549. The first-order chi connectivity index (χ1) is 11.6. The summed E-state index contributed by atoms with van der Waals surface area (Å²) in [6.07, 6.45) is -0.0518. The number of hydrogen-bond acceptors (Lipinski definition) is 3. The van der Waals surface area contributed by atoms with Gasteiger partial charge in [0.25, 0.3) is 5.91 Å². The predicted molar refractivity (Wildman–Crippen MR) is 96.3 cm³/mol. The minimum atomic E-state index is -0.587. The number of benzene rings is 2. The van der Waals surface area contributed by atoms with E-state index in [1.165, 1.54) is 24.3 Å². The number of carbonyl (C=O) groups is 1. The predicted octanol–water partition coefficient (Wildman–Crippen LogP) is 4.55. The highest BCUT2D eigenvalue weighted by molar-refractivity contribution is 7.99. The van der Waals surface area contributed by atoms with Gasteiger partial charge in [0, 0.05) is 22.2 Å². The van der Waals surface area contributed by atoms with E-state index in [2.05, 4.69) is 5.32 Å². The van der Waals surface area contributed by atoms with Crippen molar-refractivity contribution in [1.29, 1.82) is 0 Å². The second kappa shape index (κ2) is 9.55. The maximum Gasteiger partial charge on any atom is 0.261 e. The highest BCUT2D eigenvalue weighted by Crippen LogP contribution is 2.19. The van der Waals surface area contributed by atoms with Crippen molar-refractivity contribution in [2.75, 3.05) is 12.3 Å². The molecule has 0 aliphatic heterocycles. The zero-order valence-corrected chi connectivity index (χ0v) is 14.9. The molecule has 0 aliphatic rings. The van der Waals surface area contributed by atoms with E-state index in [0.717, 1.165) is 10.6 Å². The molecule has 3 nitrogen and oxygen atoms in total.